The molecule has 2 saturated carbocycles. The molecule has 0 N–H and O–H groups in total. The quantitative estimate of drug-likeness (QED) is 0.511. The van der Waals surface area contributed by atoms with Gasteiger partial charge in [-0.3, -0.25) is 0 Å². The van der Waals surface area contributed by atoms with Gasteiger partial charge in [0, 0.05) is 5.56 Å². The topological polar surface area (TPSA) is 0 Å². The van der Waals surface area contributed by atoms with Crippen LogP contribution < -0.4 is 0 Å². The van der Waals surface area contributed by atoms with Crippen molar-refractivity contribution >= 4 is 15.9 Å². The summed E-state index contributed by atoms with van der Waals surface area (Å²) in [7, 11) is 0. The molecule has 0 unspecified atom stereocenters. The Bertz CT molecular complexity index is 512. The van der Waals surface area contributed by atoms with Crippen molar-refractivity contribution in [2.24, 2.45) is 11.8 Å². The fourth-order valence-electron chi connectivity index (χ4n) is 4.52. The molecule has 3 rings (SSSR count). The summed E-state index contributed by atoms with van der Waals surface area (Å²) < 4.78 is 27.3. The lowest BCUT2D eigenvalue weighted by atomic mass is 9.67. The van der Waals surface area contributed by atoms with Gasteiger partial charge in [-0.2, -0.15) is 8.78 Å². The van der Waals surface area contributed by atoms with E-state index in [0.29, 0.717) is 17.0 Å². The van der Waals surface area contributed by atoms with Crippen LogP contribution in [0.3, 0.4) is 0 Å². The Morgan fingerprint density at radius 2 is 1.41 bits per heavy atom. The van der Waals surface area contributed by atoms with Gasteiger partial charge in [-0.15, -0.1) is 0 Å². The van der Waals surface area contributed by atoms with Gasteiger partial charge in [0.25, 0.3) is 0 Å². The van der Waals surface area contributed by atoms with Gasteiger partial charge in [0.15, 0.2) is 0 Å². The zero-order valence-corrected chi connectivity index (χ0v) is 15.1. The first-order chi connectivity index (χ1) is 10.4. The van der Waals surface area contributed by atoms with Crippen LogP contribution in [-0.4, -0.2) is 0 Å². The number of hydrogen-bond donors (Lipinski definition) is 0. The summed E-state index contributed by atoms with van der Waals surface area (Å²) in [5.74, 6) is 2.48. The predicted molar refractivity (Wildman–Crippen MR) is 90.8 cm³/mol. The van der Waals surface area contributed by atoms with Crippen LogP contribution in [0.15, 0.2) is 12.1 Å². The van der Waals surface area contributed by atoms with E-state index in [9.17, 15) is 8.78 Å². The molecule has 0 saturated heterocycles. The van der Waals surface area contributed by atoms with E-state index < -0.39 is 4.83 Å². The van der Waals surface area contributed by atoms with Crippen molar-refractivity contribution < 1.29 is 8.78 Å². The van der Waals surface area contributed by atoms with E-state index in [1.165, 1.54) is 50.5 Å². The van der Waals surface area contributed by atoms with Crippen LogP contribution >= 0.6 is 15.9 Å². The Hall–Kier alpha value is -0.440. The fourth-order valence-corrected chi connectivity index (χ4v) is 5.14. The zero-order valence-electron chi connectivity index (χ0n) is 13.5. The molecule has 1 aromatic rings. The van der Waals surface area contributed by atoms with Crippen LogP contribution in [0.1, 0.15) is 73.1 Å². The molecule has 0 spiro atoms. The maximum absolute atomic E-state index is 13.7. The third kappa shape index (κ3) is 3.25. The fraction of sp³-hybridized carbons (Fsp3) is 0.684. The molecule has 3 heteroatoms. The van der Waals surface area contributed by atoms with Gasteiger partial charge in [-0.1, -0.05) is 31.4 Å². The molecule has 2 aliphatic rings. The molecule has 0 aliphatic heterocycles. The molecule has 1 aromatic carbocycles. The number of hydrogen-bond acceptors (Lipinski definition) is 0. The molecule has 2 aliphatic carbocycles. The van der Waals surface area contributed by atoms with Gasteiger partial charge in [0.2, 0.25) is 0 Å². The van der Waals surface area contributed by atoms with Crippen molar-refractivity contribution in [1.82, 2.24) is 0 Å². The largest absolute Gasteiger partial charge is 0.327 e. The number of rotatable bonds is 3. The third-order valence-corrected chi connectivity index (χ3v) is 6.29. The van der Waals surface area contributed by atoms with E-state index in [1.54, 1.807) is 13.8 Å². The van der Waals surface area contributed by atoms with Crippen LogP contribution in [0.4, 0.5) is 8.78 Å². The van der Waals surface area contributed by atoms with Crippen LogP contribution in [-0.2, 0) is 4.83 Å². The molecule has 0 bridgehead atoms. The molecule has 0 radical (unpaired) electrons. The second kappa shape index (κ2) is 6.22. The van der Waals surface area contributed by atoms with Crippen molar-refractivity contribution in [3.63, 3.8) is 0 Å². The minimum Gasteiger partial charge on any atom is -0.188 e. The Balaban J connectivity index is 1.73. The first kappa shape index (κ1) is 16.4. The maximum atomic E-state index is 13.7. The van der Waals surface area contributed by atoms with Crippen LogP contribution in [0.5, 0.6) is 0 Å². The number of halogens is 3. The average molecular weight is 371 g/mol. The molecule has 0 heterocycles. The van der Waals surface area contributed by atoms with E-state index in [-0.39, 0.29) is 5.56 Å². The normalized spacial score (nSPS) is 26.8. The number of benzene rings is 1. The van der Waals surface area contributed by atoms with Gasteiger partial charge in [0.05, 0.1) is 0 Å². The van der Waals surface area contributed by atoms with E-state index in [0.717, 1.165) is 11.8 Å². The van der Waals surface area contributed by atoms with E-state index >= 15 is 0 Å². The Morgan fingerprint density at radius 3 is 1.82 bits per heavy atom. The lowest BCUT2D eigenvalue weighted by Gasteiger charge is -2.38. The van der Waals surface area contributed by atoms with Crippen LogP contribution in [0.2, 0.25) is 0 Å². The Labute approximate surface area is 140 Å². The minimum atomic E-state index is -2.93. The summed E-state index contributed by atoms with van der Waals surface area (Å²) >= 11 is 2.51. The van der Waals surface area contributed by atoms with Crippen molar-refractivity contribution in [3.8, 4) is 0 Å². The SMILES string of the molecule is Cc1cc(C2CCC(C3CCC3)CC2)cc(C)c1C(F)(F)Br. The van der Waals surface area contributed by atoms with Gasteiger partial charge in [0.1, 0.15) is 0 Å². The van der Waals surface area contributed by atoms with Crippen molar-refractivity contribution in [2.45, 2.75) is 69.5 Å². The summed E-state index contributed by atoms with van der Waals surface area (Å²) in [6.45, 7) is 3.61. The molecule has 0 aromatic heterocycles. The minimum absolute atomic E-state index is 0.138. The van der Waals surface area contributed by atoms with Gasteiger partial charge in [-0.25, -0.2) is 0 Å². The highest BCUT2D eigenvalue weighted by molar-refractivity contribution is 9.09. The predicted octanol–water partition coefficient (Wildman–Crippen LogP) is 6.82. The van der Waals surface area contributed by atoms with Gasteiger partial charge in [-0.05, 0) is 89.9 Å². The van der Waals surface area contributed by atoms with Crippen molar-refractivity contribution in [3.05, 3.63) is 34.4 Å². The highest BCUT2D eigenvalue weighted by Gasteiger charge is 2.34. The van der Waals surface area contributed by atoms with Crippen LogP contribution in [0, 0.1) is 25.7 Å². The summed E-state index contributed by atoms with van der Waals surface area (Å²) in [6.07, 6.45) is 9.39. The van der Waals surface area contributed by atoms with Crippen LogP contribution in [0.25, 0.3) is 0 Å². The first-order valence-corrected chi connectivity index (χ1v) is 9.34. The molecule has 0 atom stereocenters. The standard InChI is InChI=1S/C19H25BrF2/c1-12-10-17(11-13(2)18(12)19(20,21)22)16-8-6-15(7-9-16)14-4-3-5-14/h10-11,14-16H,3-9H2,1-2H3. The first-order valence-electron chi connectivity index (χ1n) is 8.54. The van der Waals surface area contributed by atoms with Gasteiger partial charge >= 0.3 is 4.83 Å². The third-order valence-electron chi connectivity index (χ3n) is 5.90. The number of aryl methyl sites for hydroxylation is 2. The summed E-state index contributed by atoms with van der Waals surface area (Å²) in [4.78, 5) is -2.93. The van der Waals surface area contributed by atoms with E-state index in [2.05, 4.69) is 15.9 Å². The van der Waals surface area contributed by atoms with Crippen molar-refractivity contribution in [2.75, 3.05) is 0 Å². The summed E-state index contributed by atoms with van der Waals surface area (Å²) in [6, 6.07) is 3.98. The molecular weight excluding hydrogens is 346 g/mol. The lowest BCUT2D eigenvalue weighted by molar-refractivity contribution is 0.113. The number of alkyl halides is 3. The average Bonchev–Trinajstić information content (AvgIpc) is 2.35. The summed E-state index contributed by atoms with van der Waals surface area (Å²) in [5.41, 5.74) is 2.82. The molecular formula is C19H25BrF2. The molecule has 122 valence electrons. The smallest absolute Gasteiger partial charge is 0.188 e. The summed E-state index contributed by atoms with van der Waals surface area (Å²) in [5, 5.41) is 0. The van der Waals surface area contributed by atoms with Crippen molar-refractivity contribution in [1.29, 1.82) is 0 Å². The molecule has 2 fully saturated rings. The highest BCUT2D eigenvalue weighted by Crippen LogP contribution is 2.46. The maximum Gasteiger partial charge on any atom is 0.327 e. The lowest BCUT2D eigenvalue weighted by Crippen LogP contribution is -2.26. The monoisotopic (exact) mass is 370 g/mol. The van der Waals surface area contributed by atoms with Gasteiger partial charge < -0.3 is 0 Å². The molecule has 22 heavy (non-hydrogen) atoms. The Morgan fingerprint density at radius 1 is 0.909 bits per heavy atom. The zero-order chi connectivity index (χ0) is 15.9. The second-order valence-corrected chi connectivity index (χ2v) is 8.33. The Kier molecular flexibility index (Phi) is 4.64. The molecule has 0 amide bonds. The second-order valence-electron chi connectivity index (χ2n) is 7.33. The highest BCUT2D eigenvalue weighted by atomic mass is 79.9. The van der Waals surface area contributed by atoms with E-state index in [4.69, 9.17) is 0 Å². The molecule has 0 nitrogen and oxygen atoms in total. The van der Waals surface area contributed by atoms with E-state index in [1.807, 2.05) is 12.1 Å².